The van der Waals surface area contributed by atoms with E-state index in [4.69, 9.17) is 4.74 Å². The van der Waals surface area contributed by atoms with Crippen LogP contribution in [0.3, 0.4) is 0 Å². The average Bonchev–Trinajstić information content (AvgIpc) is 2.88. The van der Waals surface area contributed by atoms with Gasteiger partial charge in [0.2, 0.25) is 0 Å². The Labute approximate surface area is 210 Å². The molecular formula is C29H31NO6. The molecule has 0 spiro atoms. The summed E-state index contributed by atoms with van der Waals surface area (Å²) in [7, 11) is 0. The highest BCUT2D eigenvalue weighted by molar-refractivity contribution is 6.07. The molecule has 3 aromatic rings. The van der Waals surface area contributed by atoms with Crippen molar-refractivity contribution in [3.05, 3.63) is 95.1 Å². The Hall–Kier alpha value is -4.13. The number of ether oxygens (including phenoxy) is 1. The molecule has 1 amide bonds. The second kappa shape index (κ2) is 13.1. The lowest BCUT2D eigenvalue weighted by atomic mass is 10.0. The van der Waals surface area contributed by atoms with Crippen molar-refractivity contribution >= 4 is 23.5 Å². The molecule has 0 aromatic heterocycles. The highest BCUT2D eigenvalue weighted by atomic mass is 16.5. The van der Waals surface area contributed by atoms with Crippen molar-refractivity contribution in [3.8, 4) is 5.75 Å². The molecular weight excluding hydrogens is 458 g/mol. The van der Waals surface area contributed by atoms with Gasteiger partial charge in [-0.15, -0.1) is 0 Å². The minimum Gasteiger partial charge on any atom is -0.485 e. The van der Waals surface area contributed by atoms with Crippen molar-refractivity contribution in [2.75, 3.05) is 5.32 Å². The van der Waals surface area contributed by atoms with E-state index in [0.29, 0.717) is 11.3 Å². The summed E-state index contributed by atoms with van der Waals surface area (Å²) in [5.74, 6) is -2.06. The molecule has 3 rings (SSSR count). The maximum atomic E-state index is 12.9. The van der Waals surface area contributed by atoms with Crippen LogP contribution in [-0.4, -0.2) is 28.1 Å². The fraction of sp³-hybridized carbons (Fsp3) is 0.276. The van der Waals surface area contributed by atoms with Gasteiger partial charge in [-0.2, -0.15) is 0 Å². The van der Waals surface area contributed by atoms with Gasteiger partial charge >= 0.3 is 11.9 Å². The Morgan fingerprint density at radius 2 is 1.64 bits per heavy atom. The van der Waals surface area contributed by atoms with Gasteiger partial charge in [-0.05, 0) is 60.7 Å². The van der Waals surface area contributed by atoms with Gasteiger partial charge < -0.3 is 20.3 Å². The first-order chi connectivity index (χ1) is 17.4. The third-order valence-corrected chi connectivity index (χ3v) is 5.85. The van der Waals surface area contributed by atoms with Gasteiger partial charge in [0.1, 0.15) is 11.9 Å². The average molecular weight is 490 g/mol. The van der Waals surface area contributed by atoms with Crippen LogP contribution in [0.2, 0.25) is 0 Å². The number of carboxylic acids is 2. The molecule has 7 heteroatoms. The highest BCUT2D eigenvalue weighted by Crippen LogP contribution is 2.31. The molecule has 3 aromatic carbocycles. The number of aromatic carboxylic acids is 1. The molecule has 0 radical (unpaired) electrons. The van der Waals surface area contributed by atoms with Crippen molar-refractivity contribution in [2.24, 2.45) is 0 Å². The zero-order chi connectivity index (χ0) is 25.9. The zero-order valence-corrected chi connectivity index (χ0v) is 20.3. The standard InChI is InChI=1S/C29H31NO6/c1-2-3-5-14-25(20-10-6-4-7-11-20)36-26-17-15-22(19-21(26)16-18-27(31)32)28(33)30-24-13-9-8-12-23(24)29(34)35/h4,6-13,15,17,19,25H,2-3,5,14,16,18H2,1H3,(H,30,33)(H,31,32)(H,34,35). The van der Waals surface area contributed by atoms with E-state index in [1.807, 2.05) is 30.3 Å². The number of carbonyl (C=O) groups is 3. The number of nitrogens with one attached hydrogen (secondary N) is 1. The second-order valence-corrected chi connectivity index (χ2v) is 8.53. The van der Waals surface area contributed by atoms with Gasteiger partial charge in [-0.1, -0.05) is 62.2 Å². The Kier molecular flexibility index (Phi) is 9.63. The van der Waals surface area contributed by atoms with E-state index in [0.717, 1.165) is 31.2 Å². The van der Waals surface area contributed by atoms with E-state index in [2.05, 4.69) is 12.2 Å². The SMILES string of the molecule is CCCCCC(Oc1ccc(C(=O)Nc2ccccc2C(=O)O)cc1CCC(=O)O)c1ccccc1. The molecule has 0 bridgehead atoms. The van der Waals surface area contributed by atoms with E-state index < -0.39 is 17.8 Å². The summed E-state index contributed by atoms with van der Waals surface area (Å²) < 4.78 is 6.41. The molecule has 188 valence electrons. The predicted molar refractivity (Wildman–Crippen MR) is 138 cm³/mol. The molecule has 0 heterocycles. The Morgan fingerprint density at radius 3 is 2.33 bits per heavy atom. The minimum atomic E-state index is -1.15. The molecule has 0 saturated carbocycles. The summed E-state index contributed by atoms with van der Waals surface area (Å²) in [5, 5.41) is 21.3. The van der Waals surface area contributed by atoms with E-state index in [1.165, 1.54) is 12.1 Å². The van der Waals surface area contributed by atoms with Crippen LogP contribution in [0.5, 0.6) is 5.75 Å². The molecule has 36 heavy (non-hydrogen) atoms. The number of hydrogen-bond donors (Lipinski definition) is 3. The van der Waals surface area contributed by atoms with Gasteiger partial charge in [-0.25, -0.2) is 4.79 Å². The maximum absolute atomic E-state index is 12.9. The number of aliphatic carboxylic acids is 1. The number of carbonyl (C=O) groups excluding carboxylic acids is 1. The Balaban J connectivity index is 1.88. The van der Waals surface area contributed by atoms with Crippen LogP contribution in [0.25, 0.3) is 0 Å². The molecule has 0 fully saturated rings. The maximum Gasteiger partial charge on any atom is 0.337 e. The van der Waals surface area contributed by atoms with Crippen molar-refractivity contribution in [3.63, 3.8) is 0 Å². The third kappa shape index (κ3) is 7.43. The Morgan fingerprint density at radius 1 is 0.917 bits per heavy atom. The number of carboxylic acid groups (broad SMARTS) is 2. The third-order valence-electron chi connectivity index (χ3n) is 5.85. The van der Waals surface area contributed by atoms with E-state index >= 15 is 0 Å². The highest BCUT2D eigenvalue weighted by Gasteiger charge is 2.19. The fourth-order valence-corrected chi connectivity index (χ4v) is 3.94. The first-order valence-corrected chi connectivity index (χ1v) is 12.1. The summed E-state index contributed by atoms with van der Waals surface area (Å²) in [6.07, 6.45) is 3.83. The van der Waals surface area contributed by atoms with Crippen molar-refractivity contribution < 1.29 is 29.3 Å². The van der Waals surface area contributed by atoms with Gasteiger partial charge in [-0.3, -0.25) is 9.59 Å². The van der Waals surface area contributed by atoms with Crippen LogP contribution in [0.4, 0.5) is 5.69 Å². The lowest BCUT2D eigenvalue weighted by molar-refractivity contribution is -0.136. The summed E-state index contributed by atoms with van der Waals surface area (Å²) in [6.45, 7) is 2.14. The molecule has 1 atom stereocenters. The predicted octanol–water partition coefficient (Wildman–Crippen LogP) is 6.35. The lowest BCUT2D eigenvalue weighted by Crippen LogP contribution is -2.16. The molecule has 0 aliphatic heterocycles. The number of hydrogen-bond acceptors (Lipinski definition) is 4. The Bertz CT molecular complexity index is 1190. The van der Waals surface area contributed by atoms with Crippen molar-refractivity contribution in [1.82, 2.24) is 0 Å². The smallest absolute Gasteiger partial charge is 0.337 e. The first-order valence-electron chi connectivity index (χ1n) is 12.1. The molecule has 1 unspecified atom stereocenters. The van der Waals surface area contributed by atoms with Gasteiger partial charge in [0.25, 0.3) is 5.91 Å². The van der Waals surface area contributed by atoms with E-state index in [1.54, 1.807) is 30.3 Å². The summed E-state index contributed by atoms with van der Waals surface area (Å²) in [4.78, 5) is 35.7. The normalized spacial score (nSPS) is 11.5. The zero-order valence-electron chi connectivity index (χ0n) is 20.3. The topological polar surface area (TPSA) is 113 Å². The molecule has 7 nitrogen and oxygen atoms in total. The van der Waals surface area contributed by atoms with Crippen LogP contribution in [0.1, 0.15) is 77.0 Å². The number of para-hydroxylation sites is 1. The number of aryl methyl sites for hydroxylation is 1. The number of anilines is 1. The van der Waals surface area contributed by atoms with E-state index in [9.17, 15) is 24.6 Å². The van der Waals surface area contributed by atoms with Gasteiger partial charge in [0.15, 0.2) is 0 Å². The number of rotatable bonds is 13. The first kappa shape index (κ1) is 26.5. The molecule has 0 saturated heterocycles. The molecule has 3 N–H and O–H groups in total. The summed E-state index contributed by atoms with van der Waals surface area (Å²) in [6, 6.07) is 20.9. The molecule has 0 aliphatic rings. The van der Waals surface area contributed by atoms with Gasteiger partial charge in [0, 0.05) is 12.0 Å². The van der Waals surface area contributed by atoms with Crippen LogP contribution >= 0.6 is 0 Å². The van der Waals surface area contributed by atoms with Crippen LogP contribution in [-0.2, 0) is 11.2 Å². The largest absolute Gasteiger partial charge is 0.485 e. The summed E-state index contributed by atoms with van der Waals surface area (Å²) in [5.41, 5.74) is 2.08. The van der Waals surface area contributed by atoms with Crippen molar-refractivity contribution in [1.29, 1.82) is 0 Å². The fourth-order valence-electron chi connectivity index (χ4n) is 3.94. The van der Waals surface area contributed by atoms with Crippen LogP contribution in [0.15, 0.2) is 72.8 Å². The van der Waals surface area contributed by atoms with E-state index in [-0.39, 0.29) is 35.8 Å². The minimum absolute atomic E-state index is 0.0188. The van der Waals surface area contributed by atoms with Crippen molar-refractivity contribution in [2.45, 2.75) is 51.6 Å². The van der Waals surface area contributed by atoms with Gasteiger partial charge in [0.05, 0.1) is 11.3 Å². The lowest BCUT2D eigenvalue weighted by Gasteiger charge is -2.22. The quantitative estimate of drug-likeness (QED) is 0.241. The monoisotopic (exact) mass is 489 g/mol. The number of unbranched alkanes of at least 4 members (excludes halogenated alkanes) is 2. The van der Waals surface area contributed by atoms with Crippen LogP contribution < -0.4 is 10.1 Å². The van der Waals surface area contributed by atoms with Crippen LogP contribution in [0, 0.1) is 0 Å². The molecule has 0 aliphatic carbocycles. The number of benzene rings is 3. The second-order valence-electron chi connectivity index (χ2n) is 8.53. The number of amides is 1. The summed E-state index contributed by atoms with van der Waals surface area (Å²) >= 11 is 0.